The molecule has 8 heteroatoms. The van der Waals surface area contributed by atoms with E-state index in [1.807, 2.05) is 0 Å². The second kappa shape index (κ2) is 7.31. The normalized spacial score (nSPS) is 13.6. The van der Waals surface area contributed by atoms with Crippen LogP contribution in [0, 0.1) is 10.8 Å². The number of nitroso groups, excluding NO2 is 1. The Morgan fingerprint density at radius 3 is 2.00 bits per heavy atom. The van der Waals surface area contributed by atoms with E-state index in [1.165, 1.54) is 0 Å². The van der Waals surface area contributed by atoms with Crippen LogP contribution in [0.25, 0.3) is 0 Å². The Balaban J connectivity index is 4.44. The molecule has 0 fully saturated rings. The zero-order chi connectivity index (χ0) is 13.4. The molecule has 0 spiro atoms. The number of aliphatic carboxylic acids is 3. The van der Waals surface area contributed by atoms with Gasteiger partial charge in [0.25, 0.3) is 0 Å². The molecule has 2 atom stereocenters. The van der Waals surface area contributed by atoms with Crippen LogP contribution in [0.1, 0.15) is 25.7 Å². The van der Waals surface area contributed by atoms with Crippen LogP contribution in [0.2, 0.25) is 0 Å². The first-order valence-electron chi connectivity index (χ1n) is 4.85. The van der Waals surface area contributed by atoms with E-state index in [9.17, 15) is 19.3 Å². The summed E-state index contributed by atoms with van der Waals surface area (Å²) in [6, 6.07) is -1.53. The third kappa shape index (κ3) is 6.98. The van der Waals surface area contributed by atoms with Crippen LogP contribution in [-0.2, 0) is 14.4 Å². The second-order valence-corrected chi connectivity index (χ2v) is 3.59. The topological polar surface area (TPSA) is 141 Å². The molecule has 0 aliphatic heterocycles. The molecule has 0 aromatic rings. The fraction of sp³-hybridized carbons (Fsp3) is 0.667. The zero-order valence-electron chi connectivity index (χ0n) is 8.90. The van der Waals surface area contributed by atoms with Crippen LogP contribution >= 0.6 is 0 Å². The van der Waals surface area contributed by atoms with Crippen LogP contribution in [0.5, 0.6) is 0 Å². The first-order valence-corrected chi connectivity index (χ1v) is 4.85. The van der Waals surface area contributed by atoms with E-state index in [0.717, 1.165) is 0 Å². The smallest absolute Gasteiger partial charge is 0.332 e. The van der Waals surface area contributed by atoms with Gasteiger partial charge in [-0.1, -0.05) is 5.18 Å². The maximum atomic E-state index is 10.5. The summed E-state index contributed by atoms with van der Waals surface area (Å²) < 4.78 is 0. The lowest BCUT2D eigenvalue weighted by atomic mass is 9.92. The lowest BCUT2D eigenvalue weighted by molar-refractivity contribution is -0.142. The minimum absolute atomic E-state index is 0.000926. The van der Waals surface area contributed by atoms with Crippen molar-refractivity contribution in [3.05, 3.63) is 4.91 Å². The van der Waals surface area contributed by atoms with Gasteiger partial charge >= 0.3 is 17.9 Å². The van der Waals surface area contributed by atoms with Gasteiger partial charge in [0.2, 0.25) is 0 Å². The number of carboxylic acids is 3. The highest BCUT2D eigenvalue weighted by Crippen LogP contribution is 2.19. The van der Waals surface area contributed by atoms with Gasteiger partial charge < -0.3 is 15.3 Å². The summed E-state index contributed by atoms with van der Waals surface area (Å²) in [4.78, 5) is 41.6. The van der Waals surface area contributed by atoms with Gasteiger partial charge in [0.1, 0.15) is 0 Å². The lowest BCUT2D eigenvalue weighted by Gasteiger charge is -2.14. The van der Waals surface area contributed by atoms with Gasteiger partial charge in [-0.2, -0.15) is 0 Å². The van der Waals surface area contributed by atoms with Gasteiger partial charge in [0.15, 0.2) is 6.04 Å². The van der Waals surface area contributed by atoms with E-state index in [-0.39, 0.29) is 25.7 Å². The van der Waals surface area contributed by atoms with Crippen molar-refractivity contribution >= 4 is 17.9 Å². The largest absolute Gasteiger partial charge is 0.481 e. The second-order valence-electron chi connectivity index (χ2n) is 3.59. The van der Waals surface area contributed by atoms with Gasteiger partial charge in [-0.15, -0.1) is 4.91 Å². The monoisotopic (exact) mass is 247 g/mol. The highest BCUT2D eigenvalue weighted by Gasteiger charge is 2.25. The number of carboxylic acid groups (broad SMARTS) is 3. The highest BCUT2D eigenvalue weighted by atomic mass is 16.4. The van der Waals surface area contributed by atoms with Gasteiger partial charge in [0.05, 0.1) is 0 Å². The quantitative estimate of drug-likeness (QED) is 0.505. The van der Waals surface area contributed by atoms with E-state index >= 15 is 0 Å². The number of rotatable bonds is 9. The van der Waals surface area contributed by atoms with Crippen LogP contribution in [0.4, 0.5) is 0 Å². The van der Waals surface area contributed by atoms with E-state index < -0.39 is 29.9 Å². The average molecular weight is 247 g/mol. The molecule has 0 aromatic heterocycles. The van der Waals surface area contributed by atoms with Crippen molar-refractivity contribution in [1.82, 2.24) is 0 Å². The molecule has 0 amide bonds. The molecule has 0 aliphatic rings. The molecule has 0 saturated heterocycles. The summed E-state index contributed by atoms with van der Waals surface area (Å²) in [6.07, 6.45) is -0.922. The molecule has 0 aliphatic carbocycles. The maximum Gasteiger partial charge on any atom is 0.332 e. The van der Waals surface area contributed by atoms with Crippen molar-refractivity contribution in [2.75, 3.05) is 0 Å². The van der Waals surface area contributed by atoms with E-state index in [2.05, 4.69) is 5.18 Å². The summed E-state index contributed by atoms with van der Waals surface area (Å²) in [7, 11) is 0. The van der Waals surface area contributed by atoms with Crippen molar-refractivity contribution in [3.63, 3.8) is 0 Å². The van der Waals surface area contributed by atoms with Crippen LogP contribution in [0.15, 0.2) is 5.18 Å². The van der Waals surface area contributed by atoms with E-state index in [4.69, 9.17) is 15.3 Å². The van der Waals surface area contributed by atoms with Crippen LogP contribution in [-0.4, -0.2) is 39.3 Å². The molecule has 8 nitrogen and oxygen atoms in total. The van der Waals surface area contributed by atoms with Crippen molar-refractivity contribution in [1.29, 1.82) is 0 Å². The molecule has 96 valence electrons. The highest BCUT2D eigenvalue weighted by molar-refractivity contribution is 5.74. The third-order valence-corrected chi connectivity index (χ3v) is 2.20. The van der Waals surface area contributed by atoms with Crippen molar-refractivity contribution < 1.29 is 29.7 Å². The first kappa shape index (κ1) is 15.0. The van der Waals surface area contributed by atoms with Gasteiger partial charge in [0, 0.05) is 12.8 Å². The predicted octanol–water partition coefficient (Wildman–Crippen LogP) is 0.552. The molecule has 2 unspecified atom stereocenters. The predicted molar refractivity (Wildman–Crippen MR) is 54.4 cm³/mol. The van der Waals surface area contributed by atoms with E-state index in [0.29, 0.717) is 0 Å². The molecule has 0 radical (unpaired) electrons. The van der Waals surface area contributed by atoms with Crippen LogP contribution < -0.4 is 0 Å². The molecule has 17 heavy (non-hydrogen) atoms. The number of hydrogen-bond acceptors (Lipinski definition) is 5. The Hall–Kier alpha value is -1.99. The molecule has 0 aromatic carbocycles. The molecule has 0 rings (SSSR count). The minimum atomic E-state index is -1.53. The number of nitrogens with zero attached hydrogens (tertiary/aromatic N) is 1. The molecule has 0 heterocycles. The summed E-state index contributed by atoms with van der Waals surface area (Å²) in [5, 5.41) is 28.0. The number of carbonyl (C=O) groups is 3. The minimum Gasteiger partial charge on any atom is -0.481 e. The third-order valence-electron chi connectivity index (χ3n) is 2.20. The fourth-order valence-corrected chi connectivity index (χ4v) is 1.38. The lowest BCUT2D eigenvalue weighted by Crippen LogP contribution is -2.23. The van der Waals surface area contributed by atoms with Crippen molar-refractivity contribution in [2.45, 2.75) is 31.7 Å². The SMILES string of the molecule is O=NC(CC(CCC(=O)O)CC(=O)O)C(=O)O. The first-order chi connectivity index (χ1) is 7.86. The molecule has 3 N–H and O–H groups in total. The average Bonchev–Trinajstić information content (AvgIpc) is 2.20. The summed E-state index contributed by atoms with van der Waals surface area (Å²) in [5.41, 5.74) is 0. The van der Waals surface area contributed by atoms with Gasteiger partial charge in [-0.3, -0.25) is 9.59 Å². The Bertz CT molecular complexity index is 314. The molecular formula is C9H13NO7. The summed E-state index contributed by atoms with van der Waals surface area (Å²) in [6.45, 7) is 0. The Kier molecular flexibility index (Phi) is 6.46. The Labute approximate surface area is 96.2 Å². The van der Waals surface area contributed by atoms with Crippen LogP contribution in [0.3, 0.4) is 0 Å². The van der Waals surface area contributed by atoms with E-state index in [1.54, 1.807) is 0 Å². The molecular weight excluding hydrogens is 234 g/mol. The van der Waals surface area contributed by atoms with Crippen molar-refractivity contribution in [3.8, 4) is 0 Å². The standard InChI is InChI=1S/C9H13NO7/c11-7(12)2-1-5(4-8(13)14)3-6(10-17)9(15)16/h5-6H,1-4H2,(H,11,12)(H,13,14)(H,15,16). The Morgan fingerprint density at radius 2 is 1.65 bits per heavy atom. The Morgan fingerprint density at radius 1 is 1.06 bits per heavy atom. The van der Waals surface area contributed by atoms with Gasteiger partial charge in [-0.25, -0.2) is 4.79 Å². The molecule has 0 bridgehead atoms. The number of hydrogen-bond donors (Lipinski definition) is 3. The summed E-state index contributed by atoms with van der Waals surface area (Å²) in [5.74, 6) is -4.41. The van der Waals surface area contributed by atoms with Gasteiger partial charge in [-0.05, 0) is 18.8 Å². The zero-order valence-corrected chi connectivity index (χ0v) is 8.90. The fourth-order valence-electron chi connectivity index (χ4n) is 1.38. The maximum absolute atomic E-state index is 10.5. The van der Waals surface area contributed by atoms with Crippen molar-refractivity contribution in [2.24, 2.45) is 11.1 Å². The summed E-state index contributed by atoms with van der Waals surface area (Å²) >= 11 is 0. The molecule has 0 saturated carbocycles.